The number of benzene rings is 2. The van der Waals surface area contributed by atoms with Gasteiger partial charge in [0.05, 0.1) is 12.6 Å². The summed E-state index contributed by atoms with van der Waals surface area (Å²) in [5.41, 5.74) is 8.43. The van der Waals surface area contributed by atoms with Crippen molar-refractivity contribution in [3.8, 4) is 0 Å². The number of unbranched alkanes of at least 4 members (excludes halogenated alkanes) is 2. The van der Waals surface area contributed by atoms with E-state index in [1.54, 1.807) is 24.3 Å². The lowest BCUT2D eigenvalue weighted by atomic mass is 10.0. The highest BCUT2D eigenvalue weighted by Crippen LogP contribution is 2.12. The van der Waals surface area contributed by atoms with E-state index in [2.05, 4.69) is 17.6 Å². The minimum Gasteiger partial charge on any atom is -0.392 e. The summed E-state index contributed by atoms with van der Waals surface area (Å²) < 4.78 is 0. The molecule has 0 aliphatic heterocycles. The molecule has 0 heterocycles. The largest absolute Gasteiger partial charge is 0.392 e. The molecule has 29 heavy (non-hydrogen) atoms. The molecule has 0 bridgehead atoms. The first-order chi connectivity index (χ1) is 14.0. The van der Waals surface area contributed by atoms with Gasteiger partial charge in [0.1, 0.15) is 6.04 Å². The lowest BCUT2D eigenvalue weighted by Crippen LogP contribution is -2.50. The Morgan fingerprint density at radius 3 is 2.28 bits per heavy atom. The van der Waals surface area contributed by atoms with Crippen molar-refractivity contribution < 1.29 is 14.7 Å². The van der Waals surface area contributed by atoms with Crippen LogP contribution in [0.1, 0.15) is 43.7 Å². The molecule has 0 spiro atoms. The van der Waals surface area contributed by atoms with Crippen LogP contribution in [-0.4, -0.2) is 29.0 Å². The van der Waals surface area contributed by atoms with Gasteiger partial charge in [0.2, 0.25) is 11.8 Å². The fourth-order valence-electron chi connectivity index (χ4n) is 3.03. The third kappa shape index (κ3) is 7.68. The number of nitrogens with two attached hydrogens (primary N) is 1. The van der Waals surface area contributed by atoms with Crippen molar-refractivity contribution in [3.05, 3.63) is 65.7 Å². The molecular weight excluding hydrogens is 366 g/mol. The van der Waals surface area contributed by atoms with Gasteiger partial charge < -0.3 is 21.5 Å². The van der Waals surface area contributed by atoms with E-state index in [1.807, 2.05) is 30.3 Å². The number of rotatable bonds is 11. The molecule has 5 N–H and O–H groups in total. The van der Waals surface area contributed by atoms with Gasteiger partial charge in [-0.15, -0.1) is 0 Å². The SMILES string of the molecule is CCCCCC(NC(=O)C(N)Cc1ccccc1)C(=O)Nc1ccc(CO)cc1. The molecule has 0 fully saturated rings. The maximum absolute atomic E-state index is 12.8. The summed E-state index contributed by atoms with van der Waals surface area (Å²) in [4.78, 5) is 25.3. The van der Waals surface area contributed by atoms with Gasteiger partial charge in [0, 0.05) is 5.69 Å². The number of hydrogen-bond donors (Lipinski definition) is 4. The van der Waals surface area contributed by atoms with E-state index < -0.39 is 12.1 Å². The van der Waals surface area contributed by atoms with Crippen LogP contribution in [0.25, 0.3) is 0 Å². The number of nitrogens with one attached hydrogen (secondary N) is 2. The number of aliphatic hydroxyl groups excluding tert-OH is 1. The molecule has 2 aromatic carbocycles. The second-order valence-corrected chi connectivity index (χ2v) is 7.20. The van der Waals surface area contributed by atoms with Crippen molar-refractivity contribution in [2.75, 3.05) is 5.32 Å². The quantitative estimate of drug-likeness (QED) is 0.438. The summed E-state index contributed by atoms with van der Waals surface area (Å²) in [6.45, 7) is 2.04. The van der Waals surface area contributed by atoms with Gasteiger partial charge >= 0.3 is 0 Å². The van der Waals surface area contributed by atoms with Crippen LogP contribution in [-0.2, 0) is 22.6 Å². The van der Waals surface area contributed by atoms with Crippen molar-refractivity contribution >= 4 is 17.5 Å². The van der Waals surface area contributed by atoms with E-state index in [4.69, 9.17) is 10.8 Å². The number of hydrogen-bond acceptors (Lipinski definition) is 4. The van der Waals surface area contributed by atoms with Gasteiger partial charge in [0.25, 0.3) is 0 Å². The molecule has 6 nitrogen and oxygen atoms in total. The van der Waals surface area contributed by atoms with Crippen LogP contribution in [0.3, 0.4) is 0 Å². The minimum atomic E-state index is -0.720. The van der Waals surface area contributed by atoms with Gasteiger partial charge in [0.15, 0.2) is 0 Å². The molecule has 2 atom stereocenters. The average Bonchev–Trinajstić information content (AvgIpc) is 2.74. The summed E-state index contributed by atoms with van der Waals surface area (Å²) in [5.74, 6) is -0.598. The van der Waals surface area contributed by atoms with Gasteiger partial charge in [-0.2, -0.15) is 0 Å². The first-order valence-corrected chi connectivity index (χ1v) is 10.1. The minimum absolute atomic E-state index is 0.0524. The van der Waals surface area contributed by atoms with Crippen LogP contribution in [0.5, 0.6) is 0 Å². The van der Waals surface area contributed by atoms with E-state index in [9.17, 15) is 9.59 Å². The average molecular weight is 398 g/mol. The number of carbonyl (C=O) groups excluding carboxylic acids is 2. The molecule has 0 aliphatic carbocycles. The Balaban J connectivity index is 1.99. The molecule has 156 valence electrons. The van der Waals surface area contributed by atoms with Crippen molar-refractivity contribution in [2.45, 2.75) is 57.7 Å². The molecule has 0 aliphatic rings. The van der Waals surface area contributed by atoms with Crippen molar-refractivity contribution in [1.82, 2.24) is 5.32 Å². The molecule has 0 saturated heterocycles. The number of aliphatic hydroxyl groups is 1. The predicted octanol–water partition coefficient (Wildman–Crippen LogP) is 2.75. The van der Waals surface area contributed by atoms with Crippen molar-refractivity contribution in [3.63, 3.8) is 0 Å². The molecule has 2 amide bonds. The fourth-order valence-corrected chi connectivity index (χ4v) is 3.03. The molecule has 2 aromatic rings. The van der Waals surface area contributed by atoms with E-state index >= 15 is 0 Å². The topological polar surface area (TPSA) is 104 Å². The molecular formula is C23H31N3O3. The highest BCUT2D eigenvalue weighted by atomic mass is 16.3. The van der Waals surface area contributed by atoms with Crippen LogP contribution in [0.4, 0.5) is 5.69 Å². The molecule has 0 radical (unpaired) electrons. The summed E-state index contributed by atoms with van der Waals surface area (Å²) in [6, 6.07) is 15.2. The summed E-state index contributed by atoms with van der Waals surface area (Å²) >= 11 is 0. The Morgan fingerprint density at radius 2 is 1.66 bits per heavy atom. The van der Waals surface area contributed by atoms with Crippen LogP contribution < -0.4 is 16.4 Å². The fraction of sp³-hybridized carbons (Fsp3) is 0.391. The van der Waals surface area contributed by atoms with E-state index in [1.165, 1.54) is 0 Å². The van der Waals surface area contributed by atoms with E-state index in [0.29, 0.717) is 18.5 Å². The number of carbonyl (C=O) groups is 2. The Labute approximate surface area is 172 Å². The van der Waals surface area contributed by atoms with Crippen LogP contribution in [0, 0.1) is 0 Å². The van der Waals surface area contributed by atoms with Crippen molar-refractivity contribution in [1.29, 1.82) is 0 Å². The zero-order valence-corrected chi connectivity index (χ0v) is 16.9. The summed E-state index contributed by atoms with van der Waals surface area (Å²) in [7, 11) is 0. The molecule has 0 saturated carbocycles. The first kappa shape index (κ1) is 22.6. The van der Waals surface area contributed by atoms with E-state index in [0.717, 1.165) is 30.4 Å². The molecule has 2 unspecified atom stereocenters. The number of anilines is 1. The standard InChI is InChI=1S/C23H31N3O3/c1-2-3-5-10-21(23(29)25-19-13-11-18(16-27)12-14-19)26-22(28)20(24)15-17-8-6-4-7-9-17/h4,6-9,11-14,20-21,27H,2-3,5,10,15-16,24H2,1H3,(H,25,29)(H,26,28). The van der Waals surface area contributed by atoms with Crippen molar-refractivity contribution in [2.24, 2.45) is 5.73 Å². The van der Waals surface area contributed by atoms with Gasteiger partial charge in [-0.3, -0.25) is 9.59 Å². The van der Waals surface area contributed by atoms with Crippen LogP contribution >= 0.6 is 0 Å². The Hall–Kier alpha value is -2.70. The smallest absolute Gasteiger partial charge is 0.246 e. The van der Waals surface area contributed by atoms with Gasteiger partial charge in [-0.25, -0.2) is 0 Å². The zero-order valence-electron chi connectivity index (χ0n) is 16.9. The lowest BCUT2D eigenvalue weighted by molar-refractivity contribution is -0.127. The third-order valence-electron chi connectivity index (χ3n) is 4.77. The maximum Gasteiger partial charge on any atom is 0.246 e. The van der Waals surface area contributed by atoms with Crippen LogP contribution in [0.15, 0.2) is 54.6 Å². The maximum atomic E-state index is 12.8. The number of amides is 2. The Bertz CT molecular complexity index is 763. The Kier molecular flexibility index (Phi) is 9.34. The third-order valence-corrected chi connectivity index (χ3v) is 4.77. The Morgan fingerprint density at radius 1 is 0.966 bits per heavy atom. The normalized spacial score (nSPS) is 12.8. The van der Waals surface area contributed by atoms with Crippen LogP contribution in [0.2, 0.25) is 0 Å². The van der Waals surface area contributed by atoms with Gasteiger partial charge in [-0.05, 0) is 36.1 Å². The first-order valence-electron chi connectivity index (χ1n) is 10.1. The summed E-state index contributed by atoms with van der Waals surface area (Å²) in [5, 5.41) is 14.8. The van der Waals surface area contributed by atoms with E-state index in [-0.39, 0.29) is 18.4 Å². The highest BCUT2D eigenvalue weighted by Gasteiger charge is 2.23. The second kappa shape index (κ2) is 12.0. The highest BCUT2D eigenvalue weighted by molar-refractivity contribution is 5.97. The second-order valence-electron chi connectivity index (χ2n) is 7.20. The zero-order chi connectivity index (χ0) is 21.1. The molecule has 2 rings (SSSR count). The molecule has 0 aromatic heterocycles. The predicted molar refractivity (Wildman–Crippen MR) is 115 cm³/mol. The lowest BCUT2D eigenvalue weighted by Gasteiger charge is -2.21. The molecule has 6 heteroatoms. The summed E-state index contributed by atoms with van der Waals surface area (Å²) in [6.07, 6.45) is 3.82. The van der Waals surface area contributed by atoms with Gasteiger partial charge in [-0.1, -0.05) is 68.7 Å². The monoisotopic (exact) mass is 397 g/mol.